The number of carbonyl (C=O) groups is 3. The van der Waals surface area contributed by atoms with Gasteiger partial charge in [0.2, 0.25) is 5.91 Å². The van der Waals surface area contributed by atoms with Crippen molar-refractivity contribution in [1.29, 1.82) is 0 Å². The lowest BCUT2D eigenvalue weighted by Gasteiger charge is -2.33. The summed E-state index contributed by atoms with van der Waals surface area (Å²) in [6.07, 6.45) is 3.83. The third-order valence-electron chi connectivity index (χ3n) is 4.60. The Morgan fingerprint density at radius 2 is 2.08 bits per heavy atom. The predicted molar refractivity (Wildman–Crippen MR) is 95.5 cm³/mol. The number of hydrogen-bond acceptors (Lipinski definition) is 3. The van der Waals surface area contributed by atoms with Gasteiger partial charge in [0.25, 0.3) is 5.91 Å². The molecular formula is C19H26N2O4. The van der Waals surface area contributed by atoms with Crippen molar-refractivity contribution in [1.82, 2.24) is 4.90 Å². The first-order valence-corrected chi connectivity index (χ1v) is 8.88. The number of hydrogen-bond donors (Lipinski definition) is 2. The molecule has 1 saturated heterocycles. The van der Waals surface area contributed by atoms with Crippen molar-refractivity contribution in [3.63, 3.8) is 0 Å². The van der Waals surface area contributed by atoms with E-state index in [2.05, 4.69) is 5.32 Å². The fourth-order valence-electron chi connectivity index (χ4n) is 3.16. The molecule has 2 rings (SSSR count). The smallest absolute Gasteiger partial charge is 0.326 e. The van der Waals surface area contributed by atoms with Crippen LogP contribution in [0.2, 0.25) is 0 Å². The molecule has 136 valence electrons. The largest absolute Gasteiger partial charge is 0.480 e. The summed E-state index contributed by atoms with van der Waals surface area (Å²) in [7, 11) is 0. The van der Waals surface area contributed by atoms with Crippen molar-refractivity contribution >= 4 is 23.5 Å². The Morgan fingerprint density at radius 1 is 1.32 bits per heavy atom. The maximum Gasteiger partial charge on any atom is 0.326 e. The number of aliphatic carboxylic acids is 1. The van der Waals surface area contributed by atoms with E-state index in [4.69, 9.17) is 0 Å². The van der Waals surface area contributed by atoms with Gasteiger partial charge in [0, 0.05) is 23.7 Å². The van der Waals surface area contributed by atoms with Gasteiger partial charge in [0.15, 0.2) is 0 Å². The molecule has 1 fully saturated rings. The second-order valence-electron chi connectivity index (χ2n) is 6.61. The summed E-state index contributed by atoms with van der Waals surface area (Å²) in [5.74, 6) is -1.44. The number of likely N-dealkylation sites (tertiary alicyclic amines) is 1. The molecule has 0 bridgehead atoms. The highest BCUT2D eigenvalue weighted by molar-refractivity contribution is 5.99. The topological polar surface area (TPSA) is 86.7 Å². The van der Waals surface area contributed by atoms with Crippen LogP contribution in [0.25, 0.3) is 0 Å². The zero-order chi connectivity index (χ0) is 18.4. The van der Waals surface area contributed by atoms with E-state index in [0.29, 0.717) is 24.2 Å². The molecule has 0 spiro atoms. The third kappa shape index (κ3) is 4.81. The Kier molecular flexibility index (Phi) is 6.56. The van der Waals surface area contributed by atoms with Crippen molar-refractivity contribution in [2.45, 2.75) is 52.0 Å². The summed E-state index contributed by atoms with van der Waals surface area (Å²) >= 11 is 0. The number of carboxylic acid groups (broad SMARTS) is 1. The number of carboxylic acids is 1. The minimum absolute atomic E-state index is 0.0761. The number of rotatable bonds is 6. The maximum absolute atomic E-state index is 12.7. The number of piperidine rings is 1. The van der Waals surface area contributed by atoms with Crippen molar-refractivity contribution < 1.29 is 19.5 Å². The first-order valence-electron chi connectivity index (χ1n) is 8.88. The van der Waals surface area contributed by atoms with Crippen molar-refractivity contribution in [3.8, 4) is 0 Å². The second-order valence-corrected chi connectivity index (χ2v) is 6.61. The zero-order valence-corrected chi connectivity index (χ0v) is 14.8. The normalized spacial score (nSPS) is 18.5. The number of nitrogens with one attached hydrogen (secondary N) is 1. The molecule has 2 atom stereocenters. The molecule has 0 aromatic heterocycles. The van der Waals surface area contributed by atoms with Crippen LogP contribution in [0.5, 0.6) is 0 Å². The molecule has 1 aromatic carbocycles. The first kappa shape index (κ1) is 19.0. The van der Waals surface area contributed by atoms with Crippen LogP contribution in [-0.2, 0) is 9.59 Å². The minimum atomic E-state index is -0.967. The van der Waals surface area contributed by atoms with Crippen LogP contribution in [0.3, 0.4) is 0 Å². The highest BCUT2D eigenvalue weighted by atomic mass is 16.4. The molecule has 1 aliphatic heterocycles. The minimum Gasteiger partial charge on any atom is -0.480 e. The second kappa shape index (κ2) is 8.65. The van der Waals surface area contributed by atoms with Crippen molar-refractivity contribution in [2.75, 3.05) is 11.9 Å². The van der Waals surface area contributed by atoms with Gasteiger partial charge in [-0.1, -0.05) is 26.3 Å². The predicted octanol–water partition coefficient (Wildman–Crippen LogP) is 3.14. The van der Waals surface area contributed by atoms with Crippen LogP contribution >= 0.6 is 0 Å². The van der Waals surface area contributed by atoms with Gasteiger partial charge in [-0.05, 0) is 43.9 Å². The molecule has 25 heavy (non-hydrogen) atoms. The van der Waals surface area contributed by atoms with Crippen LogP contribution in [0.1, 0.15) is 56.3 Å². The van der Waals surface area contributed by atoms with Gasteiger partial charge in [-0.25, -0.2) is 4.79 Å². The Labute approximate surface area is 148 Å². The number of benzene rings is 1. The lowest BCUT2D eigenvalue weighted by Crippen LogP contribution is -2.48. The van der Waals surface area contributed by atoms with Crippen LogP contribution in [0, 0.1) is 5.92 Å². The maximum atomic E-state index is 12.7. The summed E-state index contributed by atoms with van der Waals surface area (Å²) in [6, 6.07) is 5.93. The molecule has 1 aliphatic rings. The highest BCUT2D eigenvalue weighted by Crippen LogP contribution is 2.21. The van der Waals surface area contributed by atoms with Gasteiger partial charge in [-0.3, -0.25) is 9.59 Å². The van der Waals surface area contributed by atoms with Gasteiger partial charge >= 0.3 is 5.97 Å². The van der Waals surface area contributed by atoms with E-state index in [1.807, 2.05) is 13.8 Å². The fraction of sp³-hybridized carbons (Fsp3) is 0.526. The van der Waals surface area contributed by atoms with Gasteiger partial charge in [-0.15, -0.1) is 0 Å². The van der Waals surface area contributed by atoms with E-state index in [-0.39, 0.29) is 17.7 Å². The molecule has 2 amide bonds. The summed E-state index contributed by atoms with van der Waals surface area (Å²) in [5, 5.41) is 12.2. The van der Waals surface area contributed by atoms with E-state index >= 15 is 0 Å². The summed E-state index contributed by atoms with van der Waals surface area (Å²) in [4.78, 5) is 37.7. The van der Waals surface area contributed by atoms with Crippen LogP contribution in [0.15, 0.2) is 24.3 Å². The summed E-state index contributed by atoms with van der Waals surface area (Å²) in [6.45, 7) is 4.35. The van der Waals surface area contributed by atoms with Crippen molar-refractivity contribution in [3.05, 3.63) is 29.8 Å². The fourth-order valence-corrected chi connectivity index (χ4v) is 3.16. The van der Waals surface area contributed by atoms with Crippen LogP contribution in [0.4, 0.5) is 5.69 Å². The van der Waals surface area contributed by atoms with Crippen LogP contribution in [-0.4, -0.2) is 40.4 Å². The Morgan fingerprint density at radius 3 is 2.76 bits per heavy atom. The van der Waals surface area contributed by atoms with E-state index in [1.54, 1.807) is 24.3 Å². The molecule has 1 aromatic rings. The summed E-state index contributed by atoms with van der Waals surface area (Å²) < 4.78 is 0. The Bertz CT molecular complexity index is 644. The molecule has 6 nitrogen and oxygen atoms in total. The van der Waals surface area contributed by atoms with E-state index < -0.39 is 12.0 Å². The van der Waals surface area contributed by atoms with Gasteiger partial charge in [-0.2, -0.15) is 0 Å². The quantitative estimate of drug-likeness (QED) is 0.828. The van der Waals surface area contributed by atoms with Crippen molar-refractivity contribution in [2.24, 2.45) is 5.92 Å². The van der Waals surface area contributed by atoms with Crippen LogP contribution < -0.4 is 5.32 Å². The Hall–Kier alpha value is -2.37. The number of carbonyl (C=O) groups excluding carboxylic acids is 2. The molecule has 0 radical (unpaired) electrons. The summed E-state index contributed by atoms with van der Waals surface area (Å²) in [5.41, 5.74) is 0.955. The lowest BCUT2D eigenvalue weighted by atomic mass is 10.0. The number of nitrogens with zero attached hydrogens (tertiary/aromatic N) is 1. The number of amides is 2. The molecule has 2 unspecified atom stereocenters. The Balaban J connectivity index is 2.13. The van der Waals surface area contributed by atoms with Gasteiger partial charge in [0.1, 0.15) is 6.04 Å². The molecule has 2 N–H and O–H groups in total. The standard InChI is InChI=1S/C19H26N2O4/c1-3-7-13(2)17(22)20-15-9-6-8-14(12-15)18(23)21-11-5-4-10-16(21)19(24)25/h6,8-9,12-13,16H,3-5,7,10-11H2,1-2H3,(H,20,22)(H,24,25). The number of anilines is 1. The molecule has 6 heteroatoms. The average molecular weight is 346 g/mol. The lowest BCUT2D eigenvalue weighted by molar-refractivity contribution is -0.143. The van der Waals surface area contributed by atoms with E-state index in [1.165, 1.54) is 4.90 Å². The third-order valence-corrected chi connectivity index (χ3v) is 4.60. The molecule has 0 aliphatic carbocycles. The average Bonchev–Trinajstić information content (AvgIpc) is 2.61. The van der Waals surface area contributed by atoms with E-state index in [0.717, 1.165) is 25.7 Å². The molecular weight excluding hydrogens is 320 g/mol. The van der Waals surface area contributed by atoms with E-state index in [9.17, 15) is 19.5 Å². The van der Waals surface area contributed by atoms with Gasteiger partial charge in [0.05, 0.1) is 0 Å². The SMILES string of the molecule is CCCC(C)C(=O)Nc1cccc(C(=O)N2CCCCC2C(=O)O)c1. The monoisotopic (exact) mass is 346 g/mol. The van der Waals surface area contributed by atoms with Gasteiger partial charge < -0.3 is 15.3 Å². The molecule has 0 saturated carbocycles. The highest BCUT2D eigenvalue weighted by Gasteiger charge is 2.32. The first-order chi connectivity index (χ1) is 11.9. The molecule has 1 heterocycles. The zero-order valence-electron chi connectivity index (χ0n) is 14.8.